The molecule has 1 aromatic heterocycles. The van der Waals surface area contributed by atoms with Crippen molar-refractivity contribution in [2.24, 2.45) is 0 Å². The second-order valence-corrected chi connectivity index (χ2v) is 8.06. The molecule has 1 fully saturated rings. The van der Waals surface area contributed by atoms with Gasteiger partial charge >= 0.3 is 5.97 Å². The maximum Gasteiger partial charge on any atom is 0.309 e. The van der Waals surface area contributed by atoms with Crippen molar-refractivity contribution in [3.05, 3.63) is 76.5 Å². The van der Waals surface area contributed by atoms with Crippen LogP contribution < -0.4 is 5.56 Å². The van der Waals surface area contributed by atoms with E-state index in [0.717, 1.165) is 16.5 Å². The highest BCUT2D eigenvalue weighted by Gasteiger charge is 2.26. The monoisotopic (exact) mass is 421 g/mol. The van der Waals surface area contributed by atoms with Crippen LogP contribution >= 0.6 is 0 Å². The first-order valence-electron chi connectivity index (χ1n) is 10.3. The van der Waals surface area contributed by atoms with Crippen molar-refractivity contribution in [2.75, 3.05) is 0 Å². The number of aromatic nitrogens is 1. The van der Waals surface area contributed by atoms with Crippen molar-refractivity contribution < 1.29 is 19.0 Å². The summed E-state index contributed by atoms with van der Waals surface area (Å²) in [6.45, 7) is 3.85. The minimum absolute atomic E-state index is 0.0160. The molecule has 31 heavy (non-hydrogen) atoms. The predicted octanol–water partition coefficient (Wildman–Crippen LogP) is 4.47. The van der Waals surface area contributed by atoms with Crippen molar-refractivity contribution in [3.8, 4) is 11.1 Å². The van der Waals surface area contributed by atoms with E-state index in [-0.39, 0.29) is 23.8 Å². The molecule has 2 aromatic carbocycles. The van der Waals surface area contributed by atoms with Crippen molar-refractivity contribution in [1.82, 2.24) is 4.57 Å². The maximum atomic E-state index is 13.6. The number of benzene rings is 2. The van der Waals surface area contributed by atoms with Crippen LogP contribution in [0, 0.1) is 5.82 Å². The lowest BCUT2D eigenvalue weighted by Gasteiger charge is -2.24. The van der Waals surface area contributed by atoms with Crippen molar-refractivity contribution in [1.29, 1.82) is 0 Å². The summed E-state index contributed by atoms with van der Waals surface area (Å²) < 4.78 is 20.6. The van der Waals surface area contributed by atoms with E-state index in [0.29, 0.717) is 17.5 Å². The van der Waals surface area contributed by atoms with Gasteiger partial charge in [-0.15, -0.1) is 0 Å². The molecule has 0 saturated carbocycles. The van der Waals surface area contributed by atoms with E-state index >= 15 is 0 Å². The van der Waals surface area contributed by atoms with E-state index in [1.807, 2.05) is 32.0 Å². The second kappa shape index (κ2) is 8.47. The van der Waals surface area contributed by atoms with Crippen molar-refractivity contribution in [3.63, 3.8) is 0 Å². The van der Waals surface area contributed by atoms with Crippen LogP contribution in [0.1, 0.15) is 38.4 Å². The Morgan fingerprint density at radius 3 is 2.42 bits per heavy atom. The molecule has 1 N–H and O–H groups in total. The number of nitrogens with zero attached hydrogens (tertiary/aromatic N) is 1. The third kappa shape index (κ3) is 4.16. The fourth-order valence-corrected chi connectivity index (χ4v) is 4.11. The van der Waals surface area contributed by atoms with E-state index in [1.54, 1.807) is 34.9 Å². The number of rotatable bonds is 4. The molecule has 1 aliphatic rings. The smallest absolute Gasteiger partial charge is 0.309 e. The van der Waals surface area contributed by atoms with Gasteiger partial charge in [0, 0.05) is 23.4 Å². The summed E-state index contributed by atoms with van der Waals surface area (Å²) in [7, 11) is 0. The summed E-state index contributed by atoms with van der Waals surface area (Å²) in [4.78, 5) is 25.0. The minimum atomic E-state index is -0.753. The molecule has 0 unspecified atom stereocenters. The maximum absolute atomic E-state index is 13.6. The Balaban J connectivity index is 1.97. The Hall–Kier alpha value is -3.25. The lowest BCUT2D eigenvalue weighted by Crippen LogP contribution is -2.31. The molecule has 2 atom stereocenters. The Morgan fingerprint density at radius 1 is 1.10 bits per heavy atom. The Bertz CT molecular complexity index is 1210. The average molecular weight is 421 g/mol. The third-order valence-corrected chi connectivity index (χ3v) is 5.47. The molecule has 0 radical (unpaired) electrons. The Kier molecular flexibility index (Phi) is 5.74. The standard InChI is InChI=1S/C25H24FNO4/c1-15(2)27-22(12-11-19-13-18(28)14-23(29)31-19)24(16-7-9-17(26)10-8-16)20-5-3-4-6-21(20)25(27)30/h3-12,15,18-19,28H,13-14H2,1-2H3/b12-11+/t18-,19+/m1/s1. The number of ether oxygens (including phenoxy) is 1. The number of cyclic esters (lactones) is 1. The van der Waals surface area contributed by atoms with Crippen LogP contribution in [0.2, 0.25) is 0 Å². The average Bonchev–Trinajstić information content (AvgIpc) is 2.72. The van der Waals surface area contributed by atoms with Gasteiger partial charge in [-0.3, -0.25) is 9.59 Å². The quantitative estimate of drug-likeness (QED) is 0.631. The van der Waals surface area contributed by atoms with Crippen LogP contribution in [0.3, 0.4) is 0 Å². The number of hydrogen-bond donors (Lipinski definition) is 1. The van der Waals surface area contributed by atoms with Crippen molar-refractivity contribution >= 4 is 22.8 Å². The van der Waals surface area contributed by atoms with E-state index < -0.39 is 18.2 Å². The fourth-order valence-electron chi connectivity index (χ4n) is 4.11. The van der Waals surface area contributed by atoms with Crippen LogP contribution in [-0.4, -0.2) is 27.9 Å². The largest absolute Gasteiger partial charge is 0.458 e. The highest BCUT2D eigenvalue weighted by Crippen LogP contribution is 2.33. The zero-order valence-corrected chi connectivity index (χ0v) is 17.4. The van der Waals surface area contributed by atoms with Crippen molar-refractivity contribution in [2.45, 2.75) is 44.9 Å². The van der Waals surface area contributed by atoms with Crippen LogP contribution in [0.4, 0.5) is 4.39 Å². The van der Waals surface area contributed by atoms with Gasteiger partial charge in [-0.25, -0.2) is 4.39 Å². The molecule has 4 rings (SSSR count). The topological polar surface area (TPSA) is 68.5 Å². The predicted molar refractivity (Wildman–Crippen MR) is 118 cm³/mol. The third-order valence-electron chi connectivity index (χ3n) is 5.47. The van der Waals surface area contributed by atoms with Gasteiger partial charge in [0.25, 0.3) is 5.56 Å². The summed E-state index contributed by atoms with van der Waals surface area (Å²) in [5, 5.41) is 11.2. The highest BCUT2D eigenvalue weighted by molar-refractivity contribution is 5.99. The normalized spacial score (nSPS) is 19.3. The molecule has 1 saturated heterocycles. The van der Waals surface area contributed by atoms with Gasteiger partial charge in [0.05, 0.1) is 18.2 Å². The van der Waals surface area contributed by atoms with Gasteiger partial charge in [0.2, 0.25) is 0 Å². The summed E-state index contributed by atoms with van der Waals surface area (Å²) in [5.41, 5.74) is 2.08. The summed E-state index contributed by atoms with van der Waals surface area (Å²) in [6, 6.07) is 13.4. The molecule has 1 aliphatic heterocycles. The minimum Gasteiger partial charge on any atom is -0.458 e. The fraction of sp³-hybridized carbons (Fsp3) is 0.280. The number of carbonyl (C=O) groups is 1. The molecule has 160 valence electrons. The molecule has 0 spiro atoms. The van der Waals surface area contributed by atoms with E-state index in [4.69, 9.17) is 4.74 Å². The van der Waals surface area contributed by atoms with Gasteiger partial charge in [0.15, 0.2) is 0 Å². The number of esters is 1. The molecular weight excluding hydrogens is 397 g/mol. The number of halogens is 1. The molecule has 6 heteroatoms. The molecular formula is C25H24FNO4. The summed E-state index contributed by atoms with van der Waals surface area (Å²) in [6.07, 6.45) is 2.42. The SMILES string of the molecule is CC(C)n1c(/C=C/[C@H]2C[C@@H](O)CC(=O)O2)c(-c2ccc(F)cc2)c2ccccc2c1=O. The van der Waals surface area contributed by atoms with Crippen LogP contribution in [0.5, 0.6) is 0 Å². The number of aliphatic hydroxyl groups excluding tert-OH is 1. The summed E-state index contributed by atoms with van der Waals surface area (Å²) >= 11 is 0. The van der Waals surface area contributed by atoms with Gasteiger partial charge in [0.1, 0.15) is 11.9 Å². The van der Waals surface area contributed by atoms with Crippen LogP contribution in [0.15, 0.2) is 59.4 Å². The van der Waals surface area contributed by atoms with Gasteiger partial charge in [-0.05, 0) is 55.1 Å². The molecule has 0 amide bonds. The van der Waals surface area contributed by atoms with Gasteiger partial charge in [-0.1, -0.05) is 30.3 Å². The van der Waals surface area contributed by atoms with E-state index in [2.05, 4.69) is 0 Å². The zero-order valence-electron chi connectivity index (χ0n) is 17.4. The molecule has 2 heterocycles. The van der Waals surface area contributed by atoms with E-state index in [1.165, 1.54) is 12.1 Å². The number of pyridine rings is 1. The highest BCUT2D eigenvalue weighted by atomic mass is 19.1. The number of carbonyl (C=O) groups excluding carboxylic acids is 1. The number of aliphatic hydroxyl groups is 1. The van der Waals surface area contributed by atoms with E-state index in [9.17, 15) is 19.1 Å². The van der Waals surface area contributed by atoms with Gasteiger partial charge in [-0.2, -0.15) is 0 Å². The molecule has 5 nitrogen and oxygen atoms in total. The first-order valence-corrected chi connectivity index (χ1v) is 10.3. The molecule has 0 bridgehead atoms. The first-order chi connectivity index (χ1) is 14.8. The van der Waals surface area contributed by atoms with Gasteiger partial charge < -0.3 is 14.4 Å². The lowest BCUT2D eigenvalue weighted by atomic mass is 9.95. The number of hydrogen-bond acceptors (Lipinski definition) is 4. The van der Waals surface area contributed by atoms with Crippen LogP contribution in [0.25, 0.3) is 28.0 Å². The second-order valence-electron chi connectivity index (χ2n) is 8.06. The molecule has 0 aliphatic carbocycles. The Morgan fingerprint density at radius 2 is 1.77 bits per heavy atom. The first kappa shape index (κ1) is 21.0. The van der Waals surface area contributed by atoms with Crippen LogP contribution in [-0.2, 0) is 9.53 Å². The lowest BCUT2D eigenvalue weighted by molar-refractivity contribution is -0.156. The summed E-state index contributed by atoms with van der Waals surface area (Å²) in [5.74, 6) is -0.794. The number of fused-ring (bicyclic) bond motifs is 1. The Labute approximate surface area is 179 Å². The molecule has 3 aromatic rings. The zero-order chi connectivity index (χ0) is 22.1.